The predicted molar refractivity (Wildman–Crippen MR) is 113 cm³/mol. The second kappa shape index (κ2) is 8.97. The number of carbonyl (C=O) groups is 2. The minimum atomic E-state index is -4.74. The lowest BCUT2D eigenvalue weighted by atomic mass is 10.2. The van der Waals surface area contributed by atoms with Crippen LogP contribution >= 0.6 is 11.3 Å². The van der Waals surface area contributed by atoms with Gasteiger partial charge < -0.3 is 15.0 Å². The van der Waals surface area contributed by atoms with E-state index in [0.717, 1.165) is 12.3 Å². The van der Waals surface area contributed by atoms with Gasteiger partial charge in [0.2, 0.25) is 0 Å². The van der Waals surface area contributed by atoms with E-state index in [2.05, 4.69) is 15.0 Å². The molecule has 2 aromatic rings. The Morgan fingerprint density at radius 3 is 2.62 bits per heavy atom. The molecule has 0 bridgehead atoms. The molecule has 0 atom stereocenters. The van der Waals surface area contributed by atoms with Crippen molar-refractivity contribution in [2.24, 2.45) is 5.92 Å². The average molecular weight is 469 g/mol. The van der Waals surface area contributed by atoms with E-state index in [-0.39, 0.29) is 24.2 Å². The zero-order valence-electron chi connectivity index (χ0n) is 17.4. The molecule has 1 saturated carbocycles. The molecular formula is C21H23F3N4O3S. The minimum Gasteiger partial charge on any atom is -0.406 e. The molecule has 2 fully saturated rings. The van der Waals surface area contributed by atoms with E-state index in [1.54, 1.807) is 11.8 Å². The molecule has 0 spiro atoms. The molecule has 11 heteroatoms. The smallest absolute Gasteiger partial charge is 0.406 e. The van der Waals surface area contributed by atoms with Gasteiger partial charge in [-0.3, -0.25) is 9.69 Å². The first-order chi connectivity index (χ1) is 15.2. The Bertz CT molecular complexity index is 989. The number of hydrogen-bond acceptors (Lipinski definition) is 5. The van der Waals surface area contributed by atoms with Gasteiger partial charge in [0.05, 0.1) is 5.69 Å². The zero-order valence-corrected chi connectivity index (χ0v) is 18.3. The Morgan fingerprint density at radius 1 is 1.25 bits per heavy atom. The number of aryl methyl sites for hydroxylation is 1. The third-order valence-corrected chi connectivity index (χ3v) is 6.56. The van der Waals surface area contributed by atoms with Gasteiger partial charge in [0.1, 0.15) is 10.6 Å². The van der Waals surface area contributed by atoms with Crippen LogP contribution in [0.15, 0.2) is 24.3 Å². The Morgan fingerprint density at radius 2 is 1.97 bits per heavy atom. The number of anilines is 1. The molecule has 32 heavy (non-hydrogen) atoms. The first-order valence-electron chi connectivity index (χ1n) is 10.4. The van der Waals surface area contributed by atoms with Crippen LogP contribution in [0.3, 0.4) is 0 Å². The van der Waals surface area contributed by atoms with Gasteiger partial charge in [-0.2, -0.15) is 0 Å². The van der Waals surface area contributed by atoms with Crippen molar-refractivity contribution in [3.05, 3.63) is 40.4 Å². The molecule has 1 aromatic heterocycles. The van der Waals surface area contributed by atoms with Crippen molar-refractivity contribution in [3.63, 3.8) is 0 Å². The molecule has 4 rings (SSSR count). The Kier molecular flexibility index (Phi) is 6.27. The van der Waals surface area contributed by atoms with E-state index in [0.29, 0.717) is 40.9 Å². The van der Waals surface area contributed by atoms with Crippen LogP contribution in [0.25, 0.3) is 0 Å². The van der Waals surface area contributed by atoms with Crippen molar-refractivity contribution >= 4 is 28.4 Å². The maximum absolute atomic E-state index is 12.9. The summed E-state index contributed by atoms with van der Waals surface area (Å²) in [5.74, 6) is 0.253. The van der Waals surface area contributed by atoms with Gasteiger partial charge in [0, 0.05) is 26.2 Å². The third kappa shape index (κ3) is 5.50. The van der Waals surface area contributed by atoms with Gasteiger partial charge >= 0.3 is 12.4 Å². The van der Waals surface area contributed by atoms with Crippen LogP contribution in [0, 0.1) is 12.8 Å². The summed E-state index contributed by atoms with van der Waals surface area (Å²) >= 11 is 1.19. The van der Waals surface area contributed by atoms with E-state index in [4.69, 9.17) is 0 Å². The number of ether oxygens (including phenoxy) is 1. The number of nitrogens with zero attached hydrogens (tertiary/aromatic N) is 3. The van der Waals surface area contributed by atoms with E-state index < -0.39 is 6.36 Å². The maximum atomic E-state index is 12.9. The largest absolute Gasteiger partial charge is 0.573 e. The molecule has 2 heterocycles. The number of alkyl halides is 3. The number of hydrogen-bond donors (Lipinski definition) is 1. The van der Waals surface area contributed by atoms with Crippen LogP contribution in [-0.2, 0) is 6.54 Å². The van der Waals surface area contributed by atoms with Crippen LogP contribution in [-0.4, -0.2) is 47.8 Å². The fraction of sp³-hybridized carbons (Fsp3) is 0.476. The molecule has 1 saturated heterocycles. The third-order valence-electron chi connectivity index (χ3n) is 5.38. The molecule has 1 aliphatic heterocycles. The molecule has 2 aliphatic rings. The lowest BCUT2D eigenvalue weighted by molar-refractivity contribution is -0.274. The summed E-state index contributed by atoms with van der Waals surface area (Å²) < 4.78 is 40.7. The van der Waals surface area contributed by atoms with Gasteiger partial charge in [0.25, 0.3) is 5.91 Å². The molecule has 1 N–H and O–H groups in total. The topological polar surface area (TPSA) is 74.8 Å². The molecule has 1 aliphatic carbocycles. The number of rotatable bonds is 8. The Hall–Kier alpha value is -2.82. The van der Waals surface area contributed by atoms with E-state index >= 15 is 0 Å². The van der Waals surface area contributed by atoms with Crippen LogP contribution in [0.4, 0.5) is 23.1 Å². The minimum absolute atomic E-state index is 0.170. The first-order valence-corrected chi connectivity index (χ1v) is 11.2. The zero-order chi connectivity index (χ0) is 22.9. The van der Waals surface area contributed by atoms with Gasteiger partial charge in [-0.25, -0.2) is 9.78 Å². The molecule has 3 amide bonds. The second-order valence-corrected chi connectivity index (χ2v) is 8.92. The van der Waals surface area contributed by atoms with Crippen LogP contribution < -0.4 is 15.0 Å². The summed E-state index contributed by atoms with van der Waals surface area (Å²) in [6.07, 6.45) is -1.29. The van der Waals surface area contributed by atoms with E-state index in [9.17, 15) is 22.8 Å². The Balaban J connectivity index is 1.35. The van der Waals surface area contributed by atoms with Crippen LogP contribution in [0.5, 0.6) is 5.75 Å². The number of carbonyl (C=O) groups excluding carboxylic acids is 2. The number of halogens is 3. The number of amides is 3. The van der Waals surface area contributed by atoms with Gasteiger partial charge in [0.15, 0.2) is 5.13 Å². The molecular weight excluding hydrogens is 445 g/mol. The van der Waals surface area contributed by atoms with E-state index in [1.165, 1.54) is 53.3 Å². The molecule has 0 radical (unpaired) electrons. The van der Waals surface area contributed by atoms with Gasteiger partial charge in [-0.1, -0.05) is 36.3 Å². The predicted octanol–water partition coefficient (Wildman–Crippen LogP) is 4.32. The monoisotopic (exact) mass is 468 g/mol. The molecule has 0 unspecified atom stereocenters. The van der Waals surface area contributed by atoms with Crippen molar-refractivity contribution in [3.8, 4) is 5.75 Å². The normalized spacial score (nSPS) is 16.6. The standard InChI is InChI=1S/C21H23F3N4O3S/c1-13-17(18(29)25-9-8-14-2-3-14)32-19(26-13)28-11-10-27(20(28)30)12-15-4-6-16(7-5-15)31-21(22,23)24/h4-7,14H,2-3,8-12H2,1H3,(H,25,29). The quantitative estimate of drug-likeness (QED) is 0.626. The lowest BCUT2D eigenvalue weighted by Gasteiger charge is -2.17. The number of nitrogens with one attached hydrogen (secondary N) is 1. The molecule has 172 valence electrons. The maximum Gasteiger partial charge on any atom is 0.573 e. The van der Waals surface area contributed by atoms with Crippen molar-refractivity contribution in [1.82, 2.24) is 15.2 Å². The highest BCUT2D eigenvalue weighted by atomic mass is 32.1. The van der Waals surface area contributed by atoms with Crippen LogP contribution in [0.2, 0.25) is 0 Å². The van der Waals surface area contributed by atoms with E-state index in [1.807, 2.05) is 0 Å². The van der Waals surface area contributed by atoms with Crippen molar-refractivity contribution < 1.29 is 27.5 Å². The fourth-order valence-corrected chi connectivity index (χ4v) is 4.51. The highest BCUT2D eigenvalue weighted by Gasteiger charge is 2.33. The van der Waals surface area contributed by atoms with Crippen molar-refractivity contribution in [2.45, 2.75) is 39.1 Å². The summed E-state index contributed by atoms with van der Waals surface area (Å²) in [5, 5.41) is 3.39. The van der Waals surface area contributed by atoms with Crippen molar-refractivity contribution in [2.75, 3.05) is 24.5 Å². The lowest BCUT2D eigenvalue weighted by Crippen LogP contribution is -2.31. The Labute approximate surface area is 187 Å². The summed E-state index contributed by atoms with van der Waals surface area (Å²) in [6, 6.07) is 5.18. The van der Waals surface area contributed by atoms with Gasteiger partial charge in [-0.05, 0) is 37.0 Å². The average Bonchev–Trinajstić information content (AvgIpc) is 3.37. The highest BCUT2D eigenvalue weighted by molar-refractivity contribution is 7.17. The summed E-state index contributed by atoms with van der Waals surface area (Å²) in [4.78, 5) is 33.4. The fourth-order valence-electron chi connectivity index (χ4n) is 3.51. The SMILES string of the molecule is Cc1nc(N2CCN(Cc3ccc(OC(F)(F)F)cc3)C2=O)sc1C(=O)NCCC1CC1. The molecule has 7 nitrogen and oxygen atoms in total. The number of benzene rings is 1. The van der Waals surface area contributed by atoms with Crippen molar-refractivity contribution in [1.29, 1.82) is 0 Å². The van der Waals surface area contributed by atoms with Gasteiger partial charge in [-0.15, -0.1) is 13.2 Å². The molecule has 1 aromatic carbocycles. The van der Waals surface area contributed by atoms with Crippen LogP contribution in [0.1, 0.15) is 40.2 Å². The second-order valence-electron chi connectivity index (χ2n) is 7.95. The highest BCUT2D eigenvalue weighted by Crippen LogP contribution is 2.32. The number of urea groups is 1. The summed E-state index contributed by atoms with van der Waals surface area (Å²) in [5.41, 5.74) is 1.26. The number of thiazole rings is 1. The summed E-state index contributed by atoms with van der Waals surface area (Å²) in [7, 11) is 0. The number of aromatic nitrogens is 1. The summed E-state index contributed by atoms with van der Waals surface area (Å²) in [6.45, 7) is 3.50. The first kappa shape index (κ1) is 22.4.